The van der Waals surface area contributed by atoms with E-state index in [-0.39, 0.29) is 25.2 Å². The molecule has 4 atom stereocenters. The van der Waals surface area contributed by atoms with Crippen molar-refractivity contribution in [1.29, 1.82) is 0 Å². The third-order valence-electron chi connectivity index (χ3n) is 7.70. The number of thioether (sulfide) groups is 1. The third kappa shape index (κ3) is 14.0. The number of unbranched alkanes of at least 4 members (excludes halogenated alkanes) is 3. The smallest absolute Gasteiger partial charge is 0.312 e. The minimum absolute atomic E-state index is 0.0422. The molecule has 0 spiro atoms. The lowest BCUT2D eigenvalue weighted by Crippen LogP contribution is -2.58. The molecule has 1 fully saturated rings. The Kier molecular flexibility index (Phi) is 15.3. The van der Waals surface area contributed by atoms with E-state index >= 15 is 0 Å². The number of primary amides is 1. The van der Waals surface area contributed by atoms with Crippen molar-refractivity contribution in [3.8, 4) is 0 Å². The minimum Gasteiger partial charge on any atom is -0.352 e. The molecular formula is C29H46N6O10S2. The monoisotopic (exact) mass is 702 g/mol. The number of rotatable bonds is 22. The lowest BCUT2D eigenvalue weighted by molar-refractivity contribution is -0.137. The number of hydrogen-bond acceptors (Lipinski definition) is 10. The average molecular weight is 703 g/mol. The van der Waals surface area contributed by atoms with Crippen molar-refractivity contribution in [2.45, 2.75) is 95.0 Å². The average Bonchev–Trinajstić information content (AvgIpc) is 3.66. The molecule has 1 unspecified atom stereocenters. The van der Waals surface area contributed by atoms with Gasteiger partial charge in [0.25, 0.3) is 21.9 Å². The van der Waals surface area contributed by atoms with Gasteiger partial charge < -0.3 is 27.0 Å². The number of carbonyl (C=O) groups is 7. The van der Waals surface area contributed by atoms with E-state index in [2.05, 4.69) is 21.3 Å². The van der Waals surface area contributed by atoms with E-state index < -0.39 is 86.6 Å². The van der Waals surface area contributed by atoms with Crippen LogP contribution in [-0.2, 0) is 38.9 Å². The van der Waals surface area contributed by atoms with Crippen molar-refractivity contribution >= 4 is 63.2 Å². The molecule has 0 radical (unpaired) electrons. The number of ketones is 1. The van der Waals surface area contributed by atoms with E-state index in [1.165, 1.54) is 23.9 Å². The second-order valence-electron chi connectivity index (χ2n) is 12.1. The number of carbonyl (C=O) groups excluding carboxylic acids is 7. The number of urea groups is 1. The van der Waals surface area contributed by atoms with Gasteiger partial charge in [-0.1, -0.05) is 20.3 Å². The summed E-state index contributed by atoms with van der Waals surface area (Å²) in [5.41, 5.74) is 5.08. The van der Waals surface area contributed by atoms with Gasteiger partial charge in [-0.2, -0.15) is 8.42 Å². The molecule has 2 aliphatic heterocycles. The van der Waals surface area contributed by atoms with Gasteiger partial charge in [0.1, 0.15) is 12.1 Å². The highest BCUT2D eigenvalue weighted by molar-refractivity contribution is 8.08. The normalized spacial score (nSPS) is 19.2. The first kappa shape index (κ1) is 39.7. The highest BCUT2D eigenvalue weighted by Gasteiger charge is 2.49. The van der Waals surface area contributed by atoms with Crippen LogP contribution in [0.1, 0.15) is 72.1 Å². The van der Waals surface area contributed by atoms with E-state index in [0.717, 1.165) is 4.90 Å². The Labute approximate surface area is 278 Å². The largest absolute Gasteiger partial charge is 0.352 e. The molecule has 2 rings (SSSR count). The van der Waals surface area contributed by atoms with Crippen molar-refractivity contribution in [3.05, 3.63) is 12.2 Å². The van der Waals surface area contributed by atoms with E-state index in [4.69, 9.17) is 5.73 Å². The van der Waals surface area contributed by atoms with Gasteiger partial charge in [0.05, 0.1) is 16.5 Å². The quantitative estimate of drug-likeness (QED) is 0.0372. The summed E-state index contributed by atoms with van der Waals surface area (Å²) < 4.78 is 31.5. The summed E-state index contributed by atoms with van der Waals surface area (Å²) >= 11 is 1.45. The number of imide groups is 1. The lowest BCUT2D eigenvalue weighted by Gasteiger charge is -2.28. The van der Waals surface area contributed by atoms with E-state index in [1.807, 2.05) is 0 Å². The molecule has 47 heavy (non-hydrogen) atoms. The van der Waals surface area contributed by atoms with Crippen molar-refractivity contribution < 1.29 is 46.5 Å². The Balaban J connectivity index is 2.01. The number of nitrogens with one attached hydrogen (secondary N) is 4. The van der Waals surface area contributed by atoms with Gasteiger partial charge in [0.2, 0.25) is 17.7 Å². The molecule has 0 aromatic heterocycles. The summed E-state index contributed by atoms with van der Waals surface area (Å²) in [6.45, 7) is 5.61. The maximum atomic E-state index is 13.4. The maximum Gasteiger partial charge on any atom is 0.312 e. The zero-order valence-electron chi connectivity index (χ0n) is 26.9. The Hall–Kier alpha value is -3.51. The van der Waals surface area contributed by atoms with Crippen molar-refractivity contribution in [3.63, 3.8) is 0 Å². The van der Waals surface area contributed by atoms with Crippen LogP contribution < -0.4 is 27.0 Å². The maximum absolute atomic E-state index is 13.4. The summed E-state index contributed by atoms with van der Waals surface area (Å²) in [6.07, 6.45) is 4.44. The molecule has 0 aliphatic carbocycles. The molecule has 0 saturated carbocycles. The number of amides is 7. The zero-order valence-corrected chi connectivity index (χ0v) is 28.5. The van der Waals surface area contributed by atoms with Gasteiger partial charge in [-0.15, -0.1) is 11.8 Å². The van der Waals surface area contributed by atoms with Crippen LogP contribution in [0.3, 0.4) is 0 Å². The topological polar surface area (TPSA) is 251 Å². The van der Waals surface area contributed by atoms with E-state index in [9.17, 15) is 46.5 Å². The second kappa shape index (κ2) is 18.1. The highest BCUT2D eigenvalue weighted by atomic mass is 32.2. The minimum atomic E-state index is -4.49. The Morgan fingerprint density at radius 3 is 2.13 bits per heavy atom. The highest BCUT2D eigenvalue weighted by Crippen LogP contribution is 2.45. The molecule has 0 bridgehead atoms. The third-order valence-corrected chi connectivity index (χ3v) is 9.81. The summed E-state index contributed by atoms with van der Waals surface area (Å²) in [4.78, 5) is 87.9. The Morgan fingerprint density at radius 1 is 0.936 bits per heavy atom. The number of hydrogen-bond donors (Lipinski definition) is 6. The molecule has 7 N–H and O–H groups in total. The molecule has 16 nitrogen and oxygen atoms in total. The molecule has 7 amide bonds. The molecule has 0 aromatic carbocycles. The van der Waals surface area contributed by atoms with Crippen molar-refractivity contribution in [2.24, 2.45) is 11.7 Å². The fourth-order valence-corrected chi connectivity index (χ4v) is 5.99. The number of Topliss-reactive ketones (excluding diaryl/α,β-unsaturated/α-hetero) is 1. The molecule has 264 valence electrons. The molecular weight excluding hydrogens is 656 g/mol. The SMILES string of the molecule is CC(C)[C@@H](NC(=O)[C@@H](CCS(=O)(=O)O)NC(=O)CCCCCN1C(=O)C=CC1=O)C(=O)N[C@H](CCCCNC(N)=O)C(=O)C1(C)CS1. The van der Waals surface area contributed by atoms with Gasteiger partial charge in [0.15, 0.2) is 5.78 Å². The van der Waals surface area contributed by atoms with Crippen molar-refractivity contribution in [2.75, 3.05) is 24.6 Å². The molecule has 2 heterocycles. The summed E-state index contributed by atoms with van der Waals surface area (Å²) in [5.74, 6) is -3.72. The van der Waals surface area contributed by atoms with Crippen LogP contribution in [0.25, 0.3) is 0 Å². The number of nitrogens with two attached hydrogens (primary N) is 1. The Bertz CT molecular complexity index is 1310. The van der Waals surface area contributed by atoms with Gasteiger partial charge in [-0.05, 0) is 51.4 Å². The fraction of sp³-hybridized carbons (Fsp3) is 0.690. The standard InChI is InChI=1S/C29H46N6O10S2/c1-18(2)24(27(41)33-19(25(39)29(3)17-46-29)9-6-7-14-31-28(30)42)34-26(40)20(13-16-47(43,44)45)32-21(36)10-5-4-8-15-35-22(37)11-12-23(35)38/h11-12,18-20,24H,4-10,13-17H2,1-3H3,(H,32,36)(H,33,41)(H,34,40)(H3,30,31,42)(H,43,44,45)/t19-,20-,24-,29?/m1/s1. The van der Waals surface area contributed by atoms with Crippen molar-refractivity contribution in [1.82, 2.24) is 26.2 Å². The van der Waals surface area contributed by atoms with Crippen LogP contribution >= 0.6 is 11.8 Å². The summed E-state index contributed by atoms with van der Waals surface area (Å²) in [6, 6.07) is -4.08. The predicted molar refractivity (Wildman–Crippen MR) is 173 cm³/mol. The first-order valence-electron chi connectivity index (χ1n) is 15.5. The molecule has 2 aliphatic rings. The van der Waals surface area contributed by atoms with Crippen LogP contribution in [0.5, 0.6) is 0 Å². The molecule has 1 saturated heterocycles. The van der Waals surface area contributed by atoms with Gasteiger partial charge in [-0.25, -0.2) is 4.79 Å². The predicted octanol–water partition coefficient (Wildman–Crippen LogP) is -0.227. The lowest BCUT2D eigenvalue weighted by atomic mass is 9.95. The second-order valence-corrected chi connectivity index (χ2v) is 15.2. The zero-order chi connectivity index (χ0) is 35.4. The summed E-state index contributed by atoms with van der Waals surface area (Å²) in [5, 5.41) is 10.3. The fourth-order valence-electron chi connectivity index (χ4n) is 4.81. The first-order chi connectivity index (χ1) is 21.9. The Morgan fingerprint density at radius 2 is 1.57 bits per heavy atom. The van der Waals surface area contributed by atoms with Crippen LogP contribution in [0.15, 0.2) is 12.2 Å². The van der Waals surface area contributed by atoms with Gasteiger partial charge in [0, 0.05) is 37.4 Å². The van der Waals surface area contributed by atoms with Crippen LogP contribution in [-0.4, -0.2) is 107 Å². The molecule has 18 heteroatoms. The van der Waals surface area contributed by atoms with E-state index in [1.54, 1.807) is 20.8 Å². The molecule has 0 aromatic rings. The van der Waals surface area contributed by atoms with Gasteiger partial charge in [-0.3, -0.25) is 38.2 Å². The van der Waals surface area contributed by atoms with Gasteiger partial charge >= 0.3 is 6.03 Å². The first-order valence-corrected chi connectivity index (χ1v) is 18.1. The van der Waals surface area contributed by atoms with E-state index in [0.29, 0.717) is 44.4 Å². The van der Waals surface area contributed by atoms with Crippen LogP contribution in [0, 0.1) is 5.92 Å². The number of nitrogens with zero attached hydrogens (tertiary/aromatic N) is 1. The van der Waals surface area contributed by atoms with Crippen LogP contribution in [0.2, 0.25) is 0 Å². The summed E-state index contributed by atoms with van der Waals surface area (Å²) in [7, 11) is -4.49. The van der Waals surface area contributed by atoms with Crippen LogP contribution in [0.4, 0.5) is 4.79 Å².